The SMILES string of the molecule is CCCCCCOC1=CC2=CC[C@@H]3[C@H](CC[C@@]4(C)[C@H]3CC[C@]4(C)O)[C@@]2(C)CC1. The van der Waals surface area contributed by atoms with Crippen LogP contribution < -0.4 is 0 Å². The lowest BCUT2D eigenvalue weighted by Crippen LogP contribution is -2.53. The smallest absolute Gasteiger partial charge is 0.0962 e. The lowest BCUT2D eigenvalue weighted by Gasteiger charge is -2.57. The normalized spacial score (nSPS) is 44.8. The Morgan fingerprint density at radius 1 is 1.04 bits per heavy atom. The van der Waals surface area contributed by atoms with E-state index in [4.69, 9.17) is 4.74 Å². The highest BCUT2D eigenvalue weighted by atomic mass is 16.5. The highest BCUT2D eigenvalue weighted by Crippen LogP contribution is 2.66. The zero-order chi connectivity index (χ0) is 20.0. The van der Waals surface area contributed by atoms with Gasteiger partial charge in [-0.3, -0.25) is 0 Å². The Kier molecular flexibility index (Phi) is 5.49. The van der Waals surface area contributed by atoms with Crippen molar-refractivity contribution in [2.45, 2.75) is 104 Å². The average Bonchev–Trinajstić information content (AvgIpc) is 2.91. The molecule has 0 heterocycles. The summed E-state index contributed by atoms with van der Waals surface area (Å²) in [5.74, 6) is 3.45. The van der Waals surface area contributed by atoms with Crippen molar-refractivity contribution < 1.29 is 9.84 Å². The van der Waals surface area contributed by atoms with Gasteiger partial charge in [-0.05, 0) is 92.1 Å². The van der Waals surface area contributed by atoms with Crippen LogP contribution in [0.2, 0.25) is 0 Å². The van der Waals surface area contributed by atoms with E-state index in [1.807, 2.05) is 0 Å². The Morgan fingerprint density at radius 2 is 1.82 bits per heavy atom. The molecule has 158 valence electrons. The monoisotopic (exact) mass is 386 g/mol. The van der Waals surface area contributed by atoms with Crippen LogP contribution >= 0.6 is 0 Å². The van der Waals surface area contributed by atoms with Crippen molar-refractivity contribution in [2.24, 2.45) is 28.6 Å². The number of hydrogen-bond donors (Lipinski definition) is 1. The summed E-state index contributed by atoms with van der Waals surface area (Å²) in [6.07, 6.45) is 18.2. The summed E-state index contributed by atoms with van der Waals surface area (Å²) >= 11 is 0. The van der Waals surface area contributed by atoms with E-state index >= 15 is 0 Å². The molecule has 0 aromatic carbocycles. The summed E-state index contributed by atoms with van der Waals surface area (Å²) in [6, 6.07) is 0. The van der Waals surface area contributed by atoms with Gasteiger partial charge in [0.05, 0.1) is 18.0 Å². The molecule has 28 heavy (non-hydrogen) atoms. The van der Waals surface area contributed by atoms with Crippen molar-refractivity contribution in [2.75, 3.05) is 6.61 Å². The number of rotatable bonds is 6. The first-order valence-electron chi connectivity index (χ1n) is 12.1. The molecule has 0 aromatic heterocycles. The molecule has 2 heteroatoms. The number of allylic oxidation sites excluding steroid dienone is 4. The first kappa shape index (κ1) is 20.5. The topological polar surface area (TPSA) is 29.5 Å². The Labute approximate surface area is 172 Å². The molecule has 0 radical (unpaired) electrons. The molecule has 0 unspecified atom stereocenters. The Morgan fingerprint density at radius 3 is 2.61 bits per heavy atom. The zero-order valence-corrected chi connectivity index (χ0v) is 18.7. The van der Waals surface area contributed by atoms with Gasteiger partial charge < -0.3 is 9.84 Å². The van der Waals surface area contributed by atoms with Crippen LogP contribution in [0.4, 0.5) is 0 Å². The van der Waals surface area contributed by atoms with Crippen LogP contribution in [-0.2, 0) is 4.74 Å². The van der Waals surface area contributed by atoms with Gasteiger partial charge in [-0.2, -0.15) is 0 Å². The van der Waals surface area contributed by atoms with Crippen LogP contribution in [0.1, 0.15) is 98.3 Å². The minimum atomic E-state index is -0.473. The molecule has 0 spiro atoms. The number of aliphatic hydroxyl groups is 1. The van der Waals surface area contributed by atoms with Crippen LogP contribution in [0.3, 0.4) is 0 Å². The molecule has 4 aliphatic carbocycles. The van der Waals surface area contributed by atoms with Gasteiger partial charge in [0.2, 0.25) is 0 Å². The van der Waals surface area contributed by atoms with E-state index in [9.17, 15) is 5.11 Å². The second kappa shape index (κ2) is 7.49. The van der Waals surface area contributed by atoms with Gasteiger partial charge >= 0.3 is 0 Å². The van der Waals surface area contributed by atoms with Crippen molar-refractivity contribution in [1.29, 1.82) is 0 Å². The van der Waals surface area contributed by atoms with Crippen LogP contribution in [0.5, 0.6) is 0 Å². The first-order chi connectivity index (χ1) is 13.3. The maximum absolute atomic E-state index is 11.1. The zero-order valence-electron chi connectivity index (χ0n) is 18.7. The average molecular weight is 387 g/mol. The minimum Gasteiger partial charge on any atom is -0.498 e. The largest absolute Gasteiger partial charge is 0.498 e. The van der Waals surface area contributed by atoms with Gasteiger partial charge in [-0.15, -0.1) is 0 Å². The van der Waals surface area contributed by atoms with E-state index in [1.165, 1.54) is 63.5 Å². The van der Waals surface area contributed by atoms with Gasteiger partial charge in [-0.25, -0.2) is 0 Å². The van der Waals surface area contributed by atoms with Gasteiger partial charge in [0, 0.05) is 6.42 Å². The molecule has 6 atom stereocenters. The number of unbranched alkanes of at least 4 members (excludes halogenated alkanes) is 3. The summed E-state index contributed by atoms with van der Waals surface area (Å²) in [5.41, 5.74) is 1.51. The van der Waals surface area contributed by atoms with Crippen LogP contribution in [-0.4, -0.2) is 17.3 Å². The number of hydrogen-bond acceptors (Lipinski definition) is 2. The Bertz CT molecular complexity index is 645. The molecule has 1 N–H and O–H groups in total. The Hall–Kier alpha value is -0.760. The predicted molar refractivity (Wildman–Crippen MR) is 116 cm³/mol. The fourth-order valence-corrected chi connectivity index (χ4v) is 7.39. The van der Waals surface area contributed by atoms with Crippen molar-refractivity contribution in [3.05, 3.63) is 23.5 Å². The maximum Gasteiger partial charge on any atom is 0.0962 e. The molecular formula is C26H42O2. The maximum atomic E-state index is 11.1. The third-order valence-corrected chi connectivity index (χ3v) is 9.58. The standard InChI is InChI=1S/C26H42O2/c1-5-6-7-8-17-28-20-11-14-24(2)19(18-20)9-10-21-22(24)12-15-25(3)23(21)13-16-26(25,4)27/h9,18,21-23,27H,5-8,10-17H2,1-4H3/t21-,22+,23+,24+,25+,26+/m1/s1. The summed E-state index contributed by atoms with van der Waals surface area (Å²) in [4.78, 5) is 0. The summed E-state index contributed by atoms with van der Waals surface area (Å²) < 4.78 is 6.16. The first-order valence-corrected chi connectivity index (χ1v) is 12.1. The van der Waals surface area contributed by atoms with Crippen LogP contribution in [0.25, 0.3) is 0 Å². The number of fused-ring (bicyclic) bond motifs is 5. The highest BCUT2D eigenvalue weighted by molar-refractivity contribution is 5.36. The molecule has 4 aliphatic rings. The predicted octanol–water partition coefficient (Wildman–Crippen LogP) is 6.79. The van der Waals surface area contributed by atoms with Gasteiger partial charge in [0.25, 0.3) is 0 Å². The van der Waals surface area contributed by atoms with E-state index in [0.717, 1.165) is 31.3 Å². The van der Waals surface area contributed by atoms with Crippen molar-refractivity contribution in [1.82, 2.24) is 0 Å². The van der Waals surface area contributed by atoms with E-state index in [1.54, 1.807) is 5.57 Å². The van der Waals surface area contributed by atoms with Gasteiger partial charge in [0.15, 0.2) is 0 Å². The van der Waals surface area contributed by atoms with E-state index in [-0.39, 0.29) is 5.41 Å². The second-order valence-electron chi connectivity index (χ2n) is 11.0. The van der Waals surface area contributed by atoms with E-state index < -0.39 is 5.60 Å². The molecule has 0 bridgehead atoms. The van der Waals surface area contributed by atoms with Gasteiger partial charge in [0.1, 0.15) is 0 Å². The quantitative estimate of drug-likeness (QED) is 0.509. The molecule has 0 saturated heterocycles. The molecule has 0 aromatic rings. The molecule has 4 rings (SSSR count). The highest BCUT2D eigenvalue weighted by Gasteiger charge is 2.61. The summed E-state index contributed by atoms with van der Waals surface area (Å²) in [6.45, 7) is 10.2. The van der Waals surface area contributed by atoms with Crippen molar-refractivity contribution in [3.8, 4) is 0 Å². The lowest BCUT2D eigenvalue weighted by molar-refractivity contribution is -0.112. The van der Waals surface area contributed by atoms with E-state index in [0.29, 0.717) is 11.3 Å². The summed E-state index contributed by atoms with van der Waals surface area (Å²) in [5, 5.41) is 11.1. The second-order valence-corrected chi connectivity index (χ2v) is 11.0. The summed E-state index contributed by atoms with van der Waals surface area (Å²) in [7, 11) is 0. The number of ether oxygens (including phenoxy) is 1. The molecule has 2 fully saturated rings. The van der Waals surface area contributed by atoms with Crippen molar-refractivity contribution in [3.63, 3.8) is 0 Å². The van der Waals surface area contributed by atoms with Crippen LogP contribution in [0, 0.1) is 28.6 Å². The van der Waals surface area contributed by atoms with Crippen molar-refractivity contribution >= 4 is 0 Å². The molecule has 2 saturated carbocycles. The molecule has 2 nitrogen and oxygen atoms in total. The Balaban J connectivity index is 1.48. The molecule has 0 aliphatic heterocycles. The van der Waals surface area contributed by atoms with Gasteiger partial charge in [-0.1, -0.05) is 46.1 Å². The van der Waals surface area contributed by atoms with Crippen LogP contribution in [0.15, 0.2) is 23.5 Å². The minimum absolute atomic E-state index is 0.118. The van der Waals surface area contributed by atoms with E-state index in [2.05, 4.69) is 39.8 Å². The fourth-order valence-electron chi connectivity index (χ4n) is 7.39. The molecular weight excluding hydrogens is 344 g/mol. The third kappa shape index (κ3) is 3.18. The third-order valence-electron chi connectivity index (χ3n) is 9.58. The lowest BCUT2D eigenvalue weighted by atomic mass is 9.47. The fraction of sp³-hybridized carbons (Fsp3) is 0.846. The molecule has 0 amide bonds.